The van der Waals surface area contributed by atoms with Gasteiger partial charge in [0, 0.05) is 27.2 Å². The fraction of sp³-hybridized carbons (Fsp3) is 0.440. The first-order chi connectivity index (χ1) is 17.4. The average molecular weight is 576 g/mol. The van der Waals surface area contributed by atoms with Gasteiger partial charge in [0.05, 0.1) is 15.7 Å². The Kier molecular flexibility index (Phi) is 11.6. The van der Waals surface area contributed by atoms with Crippen LogP contribution < -0.4 is 9.62 Å². The molecule has 2 rings (SSSR count). The van der Waals surface area contributed by atoms with Gasteiger partial charge in [-0.15, -0.1) is 0 Å². The number of hydrogen-bond acceptors (Lipinski definition) is 4. The summed E-state index contributed by atoms with van der Waals surface area (Å²) >= 11 is 12.2. The zero-order chi connectivity index (χ0) is 27.8. The third kappa shape index (κ3) is 8.04. The minimum atomic E-state index is -4.26. The smallest absolute Gasteiger partial charge is 0.304 e. The monoisotopic (exact) mass is 574 g/mol. The number of para-hydroxylation sites is 1. The van der Waals surface area contributed by atoms with Gasteiger partial charge in [-0.05, 0) is 42.7 Å². The molecular formula is C25H33Cl2FN4O4S. The van der Waals surface area contributed by atoms with Gasteiger partial charge in [0.15, 0.2) is 0 Å². The van der Waals surface area contributed by atoms with Gasteiger partial charge in [-0.3, -0.25) is 9.59 Å². The zero-order valence-electron chi connectivity index (χ0n) is 21.4. The van der Waals surface area contributed by atoms with Crippen molar-refractivity contribution in [2.75, 3.05) is 31.5 Å². The van der Waals surface area contributed by atoms with Crippen LogP contribution in [0.5, 0.6) is 0 Å². The van der Waals surface area contributed by atoms with Crippen molar-refractivity contribution in [1.29, 1.82) is 0 Å². The number of nitrogens with zero attached hydrogens (tertiary/aromatic N) is 3. The van der Waals surface area contributed by atoms with Crippen LogP contribution in [0.4, 0.5) is 10.1 Å². The van der Waals surface area contributed by atoms with Crippen LogP contribution in [-0.4, -0.2) is 62.7 Å². The molecule has 2 amide bonds. The Labute approximate surface area is 228 Å². The molecular weight excluding hydrogens is 542 g/mol. The van der Waals surface area contributed by atoms with Crippen LogP contribution in [0.2, 0.25) is 10.0 Å². The zero-order valence-corrected chi connectivity index (χ0v) is 23.7. The number of rotatable bonds is 13. The third-order valence-corrected chi connectivity index (χ3v) is 8.24. The van der Waals surface area contributed by atoms with Gasteiger partial charge < -0.3 is 10.2 Å². The number of carbonyl (C=O) groups is 2. The van der Waals surface area contributed by atoms with E-state index in [9.17, 15) is 22.4 Å². The van der Waals surface area contributed by atoms with Crippen molar-refractivity contribution < 1.29 is 22.4 Å². The molecule has 0 aliphatic rings. The minimum absolute atomic E-state index is 0.0391. The molecule has 0 unspecified atom stereocenters. The molecule has 0 radical (unpaired) electrons. The summed E-state index contributed by atoms with van der Waals surface area (Å²) in [5.74, 6) is -1.85. The summed E-state index contributed by atoms with van der Waals surface area (Å²) in [7, 11) is -1.68. The number of unbranched alkanes of at least 4 members (excludes halogenated alkanes) is 1. The van der Waals surface area contributed by atoms with Crippen molar-refractivity contribution in [3.8, 4) is 0 Å². The van der Waals surface area contributed by atoms with E-state index in [-0.39, 0.29) is 29.6 Å². The van der Waals surface area contributed by atoms with E-state index >= 15 is 0 Å². The Morgan fingerprint density at radius 2 is 1.73 bits per heavy atom. The maximum atomic E-state index is 14.7. The van der Waals surface area contributed by atoms with Crippen LogP contribution in [-0.2, 0) is 26.3 Å². The Morgan fingerprint density at radius 1 is 1.05 bits per heavy atom. The van der Waals surface area contributed by atoms with Crippen molar-refractivity contribution in [3.63, 3.8) is 0 Å². The number of amides is 2. The van der Waals surface area contributed by atoms with Crippen LogP contribution in [0.15, 0.2) is 42.5 Å². The van der Waals surface area contributed by atoms with E-state index in [1.54, 1.807) is 25.1 Å². The Hall–Kier alpha value is -2.40. The molecule has 0 spiro atoms. The largest absolute Gasteiger partial charge is 0.354 e. The first kappa shape index (κ1) is 30.8. The highest BCUT2D eigenvalue weighted by Gasteiger charge is 2.34. The molecule has 0 aliphatic carbocycles. The Balaban J connectivity index is 2.51. The second-order valence-corrected chi connectivity index (χ2v) is 11.5. The molecule has 204 valence electrons. The highest BCUT2D eigenvalue weighted by atomic mass is 35.5. The molecule has 2 aromatic carbocycles. The van der Waals surface area contributed by atoms with Gasteiger partial charge in [-0.1, -0.05) is 61.7 Å². The SMILES string of the molecule is CCCCNC(=O)[C@H](CC)N(Cc1ccc(Cl)c(Cl)c1)C(=O)CN(c1ccccc1F)S(=O)(=O)N(C)C. The summed E-state index contributed by atoms with van der Waals surface area (Å²) in [6, 6.07) is 9.22. The summed E-state index contributed by atoms with van der Waals surface area (Å²) in [5.41, 5.74) is 0.315. The van der Waals surface area contributed by atoms with E-state index in [4.69, 9.17) is 23.2 Å². The van der Waals surface area contributed by atoms with E-state index < -0.39 is 34.5 Å². The highest BCUT2D eigenvalue weighted by molar-refractivity contribution is 7.90. The lowest BCUT2D eigenvalue weighted by Gasteiger charge is -2.34. The summed E-state index contributed by atoms with van der Waals surface area (Å²) in [6.07, 6.45) is 1.92. The molecule has 0 aromatic heterocycles. The predicted molar refractivity (Wildman–Crippen MR) is 145 cm³/mol. The lowest BCUT2D eigenvalue weighted by molar-refractivity contribution is -0.140. The van der Waals surface area contributed by atoms with Crippen LogP contribution in [0.3, 0.4) is 0 Å². The van der Waals surface area contributed by atoms with Crippen LogP contribution in [0.25, 0.3) is 0 Å². The van der Waals surface area contributed by atoms with E-state index in [1.165, 1.54) is 37.2 Å². The van der Waals surface area contributed by atoms with E-state index in [0.29, 0.717) is 21.4 Å². The summed E-state index contributed by atoms with van der Waals surface area (Å²) in [4.78, 5) is 28.1. The van der Waals surface area contributed by atoms with Crippen molar-refractivity contribution in [3.05, 3.63) is 63.9 Å². The molecule has 37 heavy (non-hydrogen) atoms. The second kappa shape index (κ2) is 13.9. The van der Waals surface area contributed by atoms with Crippen molar-refractivity contribution in [1.82, 2.24) is 14.5 Å². The molecule has 12 heteroatoms. The van der Waals surface area contributed by atoms with Gasteiger partial charge in [-0.25, -0.2) is 8.70 Å². The van der Waals surface area contributed by atoms with Crippen molar-refractivity contribution >= 4 is 50.9 Å². The van der Waals surface area contributed by atoms with E-state index in [1.807, 2.05) is 6.92 Å². The van der Waals surface area contributed by atoms with Crippen molar-refractivity contribution in [2.45, 2.75) is 45.7 Å². The molecule has 0 fully saturated rings. The minimum Gasteiger partial charge on any atom is -0.354 e. The fourth-order valence-corrected chi connectivity index (χ4v) is 5.00. The van der Waals surface area contributed by atoms with Crippen LogP contribution in [0.1, 0.15) is 38.7 Å². The molecule has 0 aliphatic heterocycles. The maximum absolute atomic E-state index is 14.7. The predicted octanol–water partition coefficient (Wildman–Crippen LogP) is 4.47. The normalized spacial score (nSPS) is 12.3. The number of hydrogen-bond donors (Lipinski definition) is 1. The number of anilines is 1. The fourth-order valence-electron chi connectivity index (χ4n) is 3.62. The van der Waals surface area contributed by atoms with Gasteiger partial charge in [0.25, 0.3) is 0 Å². The molecule has 0 bridgehead atoms. The number of halogens is 3. The molecule has 1 atom stereocenters. The highest BCUT2D eigenvalue weighted by Crippen LogP contribution is 2.26. The van der Waals surface area contributed by atoms with Crippen molar-refractivity contribution in [2.24, 2.45) is 0 Å². The molecule has 1 N–H and O–H groups in total. The van der Waals surface area contributed by atoms with Gasteiger partial charge >= 0.3 is 10.2 Å². The molecule has 0 saturated heterocycles. The first-order valence-electron chi connectivity index (χ1n) is 11.9. The summed E-state index contributed by atoms with van der Waals surface area (Å²) in [6.45, 7) is 3.43. The molecule has 2 aromatic rings. The summed E-state index contributed by atoms with van der Waals surface area (Å²) < 4.78 is 42.6. The lowest BCUT2D eigenvalue weighted by Crippen LogP contribution is -2.53. The van der Waals surface area contributed by atoms with Gasteiger partial charge in [0.1, 0.15) is 18.4 Å². The Bertz CT molecular complexity index is 1200. The quantitative estimate of drug-likeness (QED) is 0.357. The standard InChI is InChI=1S/C25H33Cl2FN4O4S/c1-5-7-14-29-25(34)22(6-2)31(16-18-12-13-19(26)20(27)15-18)24(33)17-32(37(35,36)30(3)4)23-11-9-8-10-21(23)28/h8-13,15,22H,5-7,14,16-17H2,1-4H3,(H,29,34)/t22-/m0/s1. The lowest BCUT2D eigenvalue weighted by atomic mass is 10.1. The van der Waals surface area contributed by atoms with E-state index in [2.05, 4.69) is 5.32 Å². The Morgan fingerprint density at radius 3 is 2.30 bits per heavy atom. The first-order valence-corrected chi connectivity index (χ1v) is 14.0. The van der Waals surface area contributed by atoms with Crippen LogP contribution >= 0.6 is 23.2 Å². The van der Waals surface area contributed by atoms with Gasteiger partial charge in [0.2, 0.25) is 11.8 Å². The van der Waals surface area contributed by atoms with E-state index in [0.717, 1.165) is 23.2 Å². The molecule has 0 heterocycles. The third-order valence-electron chi connectivity index (χ3n) is 5.69. The van der Waals surface area contributed by atoms with Gasteiger partial charge in [-0.2, -0.15) is 12.7 Å². The molecule has 8 nitrogen and oxygen atoms in total. The maximum Gasteiger partial charge on any atom is 0.304 e. The number of carbonyl (C=O) groups excluding carboxylic acids is 2. The number of nitrogens with one attached hydrogen (secondary N) is 1. The summed E-state index contributed by atoms with van der Waals surface area (Å²) in [5, 5.41) is 3.44. The number of benzene rings is 2. The second-order valence-electron chi connectivity index (χ2n) is 8.59. The molecule has 0 saturated carbocycles. The topological polar surface area (TPSA) is 90.0 Å². The van der Waals surface area contributed by atoms with Crippen LogP contribution in [0, 0.1) is 5.82 Å². The average Bonchev–Trinajstić information content (AvgIpc) is 2.85.